The molecule has 0 amide bonds. The third-order valence-electron chi connectivity index (χ3n) is 5.30. The van der Waals surface area contributed by atoms with Crippen molar-refractivity contribution in [1.29, 1.82) is 0 Å². The molecule has 0 spiro atoms. The summed E-state index contributed by atoms with van der Waals surface area (Å²) in [6.45, 7) is 1.05. The van der Waals surface area contributed by atoms with Crippen LogP contribution in [0.1, 0.15) is 51.1 Å². The van der Waals surface area contributed by atoms with Gasteiger partial charge < -0.3 is 14.2 Å². The predicted octanol–water partition coefficient (Wildman–Crippen LogP) is 3.77. The molecule has 0 aromatic heterocycles. The highest BCUT2D eigenvalue weighted by Gasteiger charge is 2.17. The second-order valence-corrected chi connectivity index (χ2v) is 7.31. The van der Waals surface area contributed by atoms with Crippen molar-refractivity contribution < 1.29 is 23.8 Å². The molecule has 1 heterocycles. The van der Waals surface area contributed by atoms with Crippen molar-refractivity contribution in [3.8, 4) is 5.75 Å². The highest BCUT2D eigenvalue weighted by Crippen LogP contribution is 2.23. The van der Waals surface area contributed by atoms with Gasteiger partial charge in [0.05, 0.1) is 11.7 Å². The number of hydrogen-bond acceptors (Lipinski definition) is 5. The van der Waals surface area contributed by atoms with E-state index in [1.807, 2.05) is 18.2 Å². The molecule has 1 fully saturated rings. The Hall–Kier alpha value is -2.66. The first-order valence-electron chi connectivity index (χ1n) is 9.85. The molecule has 1 saturated heterocycles. The molecule has 28 heavy (non-hydrogen) atoms. The summed E-state index contributed by atoms with van der Waals surface area (Å²) in [5.41, 5.74) is 3.55. The predicted molar refractivity (Wildman–Crippen MR) is 104 cm³/mol. The van der Waals surface area contributed by atoms with Gasteiger partial charge in [0.15, 0.2) is 12.4 Å². The number of hydrogen-bond donors (Lipinski definition) is 0. The monoisotopic (exact) mass is 380 g/mol. The molecule has 4 rings (SSSR count). The Kier molecular flexibility index (Phi) is 5.72. The number of aryl methyl sites for hydroxylation is 2. The number of ketones is 1. The van der Waals surface area contributed by atoms with Crippen LogP contribution in [-0.2, 0) is 22.3 Å². The third-order valence-corrected chi connectivity index (χ3v) is 5.30. The lowest BCUT2D eigenvalue weighted by Gasteiger charge is -2.11. The van der Waals surface area contributed by atoms with Gasteiger partial charge in [0.25, 0.3) is 0 Å². The summed E-state index contributed by atoms with van der Waals surface area (Å²) in [6, 6.07) is 12.5. The largest absolute Gasteiger partial charge is 0.491 e. The van der Waals surface area contributed by atoms with E-state index in [9.17, 15) is 9.59 Å². The minimum Gasteiger partial charge on any atom is -0.491 e. The maximum absolute atomic E-state index is 12.3. The Morgan fingerprint density at radius 2 is 1.75 bits per heavy atom. The van der Waals surface area contributed by atoms with Crippen molar-refractivity contribution >= 4 is 11.8 Å². The summed E-state index contributed by atoms with van der Waals surface area (Å²) in [6.07, 6.45) is 5.46. The number of rotatable bonds is 7. The number of benzene rings is 2. The first kappa shape index (κ1) is 18.7. The zero-order chi connectivity index (χ0) is 19.3. The normalized spacial score (nSPS) is 17.9. The van der Waals surface area contributed by atoms with Crippen LogP contribution < -0.4 is 4.74 Å². The molecule has 1 aliphatic heterocycles. The Bertz CT molecular complexity index is 850. The lowest BCUT2D eigenvalue weighted by molar-refractivity contribution is 0.0474. The number of carbonyl (C=O) groups excluding carboxylic acids is 2. The molecule has 2 aromatic rings. The molecule has 0 saturated carbocycles. The van der Waals surface area contributed by atoms with E-state index >= 15 is 0 Å². The Labute approximate surface area is 164 Å². The van der Waals surface area contributed by atoms with E-state index in [1.165, 1.54) is 11.1 Å². The van der Waals surface area contributed by atoms with Crippen molar-refractivity contribution in [2.24, 2.45) is 0 Å². The van der Waals surface area contributed by atoms with Crippen LogP contribution in [0.15, 0.2) is 42.5 Å². The average Bonchev–Trinajstić information content (AvgIpc) is 3.41. The maximum Gasteiger partial charge on any atom is 0.338 e. The standard InChI is InChI=1S/C23H24O5/c24-22(19-7-6-16-3-1-4-18(16)13-19)15-28-23(25)17-8-10-20(11-9-17)27-14-21-5-2-12-26-21/h6-11,13,21H,1-5,12,14-15H2. The van der Waals surface area contributed by atoms with Gasteiger partial charge in [0.1, 0.15) is 12.4 Å². The highest BCUT2D eigenvalue weighted by atomic mass is 16.5. The van der Waals surface area contributed by atoms with Gasteiger partial charge in [-0.2, -0.15) is 0 Å². The molecule has 5 heteroatoms. The topological polar surface area (TPSA) is 61.8 Å². The van der Waals surface area contributed by atoms with Gasteiger partial charge in [-0.05, 0) is 73.6 Å². The summed E-state index contributed by atoms with van der Waals surface area (Å²) < 4.78 is 16.4. The van der Waals surface area contributed by atoms with Gasteiger partial charge in [0.2, 0.25) is 0 Å². The highest BCUT2D eigenvalue weighted by molar-refractivity contribution is 5.99. The van der Waals surface area contributed by atoms with E-state index in [2.05, 4.69) is 0 Å². The number of fused-ring (bicyclic) bond motifs is 1. The third kappa shape index (κ3) is 4.42. The summed E-state index contributed by atoms with van der Waals surface area (Å²) in [7, 11) is 0. The fourth-order valence-electron chi connectivity index (χ4n) is 3.70. The van der Waals surface area contributed by atoms with Crippen molar-refractivity contribution in [2.45, 2.75) is 38.2 Å². The molecule has 5 nitrogen and oxygen atoms in total. The van der Waals surface area contributed by atoms with E-state index in [0.29, 0.717) is 23.5 Å². The van der Waals surface area contributed by atoms with E-state index in [-0.39, 0.29) is 18.5 Å². The number of carbonyl (C=O) groups is 2. The van der Waals surface area contributed by atoms with Crippen molar-refractivity contribution in [3.63, 3.8) is 0 Å². The second kappa shape index (κ2) is 8.57. The molecule has 2 aromatic carbocycles. The number of ether oxygens (including phenoxy) is 3. The van der Waals surface area contributed by atoms with E-state index in [1.54, 1.807) is 24.3 Å². The summed E-state index contributed by atoms with van der Waals surface area (Å²) >= 11 is 0. The Morgan fingerprint density at radius 3 is 2.54 bits per heavy atom. The first-order chi connectivity index (χ1) is 13.7. The van der Waals surface area contributed by atoms with Gasteiger partial charge in [-0.3, -0.25) is 4.79 Å². The Morgan fingerprint density at radius 1 is 0.964 bits per heavy atom. The van der Waals surface area contributed by atoms with Crippen LogP contribution in [0.25, 0.3) is 0 Å². The smallest absolute Gasteiger partial charge is 0.338 e. The minimum absolute atomic E-state index is 0.148. The first-order valence-corrected chi connectivity index (χ1v) is 9.85. The van der Waals surface area contributed by atoms with Crippen LogP contribution in [0.2, 0.25) is 0 Å². The molecule has 0 radical (unpaired) electrons. The van der Waals surface area contributed by atoms with E-state index in [4.69, 9.17) is 14.2 Å². The molecule has 1 unspecified atom stereocenters. The van der Waals surface area contributed by atoms with Crippen LogP contribution in [-0.4, -0.2) is 37.7 Å². The molecule has 0 bridgehead atoms. The van der Waals surface area contributed by atoms with Crippen LogP contribution in [0.5, 0.6) is 5.75 Å². The molecular formula is C23H24O5. The number of Topliss-reactive ketones (excluding diaryl/α,β-unsaturated/α-hetero) is 1. The molecular weight excluding hydrogens is 356 g/mol. The molecule has 2 aliphatic rings. The minimum atomic E-state index is -0.514. The van der Waals surface area contributed by atoms with Crippen LogP contribution >= 0.6 is 0 Å². The molecule has 0 N–H and O–H groups in total. The van der Waals surface area contributed by atoms with Gasteiger partial charge in [-0.15, -0.1) is 0 Å². The fraction of sp³-hybridized carbons (Fsp3) is 0.391. The maximum atomic E-state index is 12.3. The lowest BCUT2D eigenvalue weighted by atomic mass is 10.0. The average molecular weight is 380 g/mol. The van der Waals surface area contributed by atoms with Crippen molar-refractivity contribution in [3.05, 3.63) is 64.7 Å². The van der Waals surface area contributed by atoms with Gasteiger partial charge in [0, 0.05) is 12.2 Å². The van der Waals surface area contributed by atoms with Crippen molar-refractivity contribution in [1.82, 2.24) is 0 Å². The summed E-state index contributed by atoms with van der Waals surface area (Å²) in [4.78, 5) is 24.5. The molecule has 146 valence electrons. The van der Waals surface area contributed by atoms with Crippen LogP contribution in [0, 0.1) is 0 Å². The Balaban J connectivity index is 1.27. The lowest BCUT2D eigenvalue weighted by Crippen LogP contribution is -2.16. The number of esters is 1. The summed E-state index contributed by atoms with van der Waals surface area (Å²) in [5.74, 6) is -0.0129. The quantitative estimate of drug-likeness (QED) is 0.540. The SMILES string of the molecule is O=C(COC(=O)c1ccc(OCC2CCCO2)cc1)c1ccc2c(c1)CCC2. The molecule has 1 atom stereocenters. The second-order valence-electron chi connectivity index (χ2n) is 7.31. The fourth-order valence-corrected chi connectivity index (χ4v) is 3.70. The van der Waals surface area contributed by atoms with Crippen LogP contribution in [0.4, 0.5) is 0 Å². The summed E-state index contributed by atoms with van der Waals surface area (Å²) in [5, 5.41) is 0. The molecule has 1 aliphatic carbocycles. The zero-order valence-corrected chi connectivity index (χ0v) is 15.8. The van der Waals surface area contributed by atoms with Gasteiger partial charge in [-0.1, -0.05) is 12.1 Å². The zero-order valence-electron chi connectivity index (χ0n) is 15.8. The van der Waals surface area contributed by atoms with Gasteiger partial charge >= 0.3 is 5.97 Å². The van der Waals surface area contributed by atoms with Gasteiger partial charge in [-0.25, -0.2) is 4.79 Å². The van der Waals surface area contributed by atoms with E-state index < -0.39 is 5.97 Å². The van der Waals surface area contributed by atoms with Crippen molar-refractivity contribution in [2.75, 3.05) is 19.8 Å². The van der Waals surface area contributed by atoms with Crippen LogP contribution in [0.3, 0.4) is 0 Å². The van der Waals surface area contributed by atoms with E-state index in [0.717, 1.165) is 38.7 Å².